The van der Waals surface area contributed by atoms with Gasteiger partial charge in [0.1, 0.15) is 15.7 Å². The monoisotopic (exact) mass is 379 g/mol. The van der Waals surface area contributed by atoms with Gasteiger partial charge in [0, 0.05) is 16.0 Å². The second-order valence-electron chi connectivity index (χ2n) is 3.76. The summed E-state index contributed by atoms with van der Waals surface area (Å²) in [7, 11) is -4.01. The summed E-state index contributed by atoms with van der Waals surface area (Å²) in [4.78, 5) is 14.1. The maximum absolute atomic E-state index is 14.0. The van der Waals surface area contributed by atoms with Gasteiger partial charge in [0.25, 0.3) is 0 Å². The minimum absolute atomic E-state index is 0.175. The second kappa shape index (κ2) is 5.58. The normalized spacial score (nSPS) is 11.5. The van der Waals surface area contributed by atoms with Crippen molar-refractivity contribution in [1.29, 1.82) is 0 Å². The van der Waals surface area contributed by atoms with E-state index in [0.29, 0.717) is 5.01 Å². The summed E-state index contributed by atoms with van der Waals surface area (Å²) >= 11 is 4.10. The summed E-state index contributed by atoms with van der Waals surface area (Å²) in [6, 6.07) is 2.06. The summed E-state index contributed by atoms with van der Waals surface area (Å²) in [5.74, 6) is -3.27. The van der Waals surface area contributed by atoms with Crippen LogP contribution in [0.2, 0.25) is 0 Å². The van der Waals surface area contributed by atoms with E-state index in [0.717, 1.165) is 23.5 Å². The molecule has 0 atom stereocenters. The first-order valence-corrected chi connectivity index (χ1v) is 8.47. The average molecular weight is 380 g/mol. The predicted molar refractivity (Wildman–Crippen MR) is 74.1 cm³/mol. The number of aromatic carboxylic acids is 1. The van der Waals surface area contributed by atoms with Gasteiger partial charge in [-0.05, 0) is 12.1 Å². The van der Waals surface area contributed by atoms with Crippen LogP contribution >= 0.6 is 27.3 Å². The van der Waals surface area contributed by atoms with Crippen molar-refractivity contribution in [3.05, 3.63) is 44.6 Å². The molecule has 1 N–H and O–H groups in total. The van der Waals surface area contributed by atoms with Gasteiger partial charge in [0.05, 0.1) is 5.56 Å². The molecule has 0 aliphatic carbocycles. The van der Waals surface area contributed by atoms with Gasteiger partial charge in [-0.3, -0.25) is 0 Å². The Morgan fingerprint density at radius 3 is 2.70 bits per heavy atom. The molecule has 9 heteroatoms. The standard InChI is InChI=1S/C11H7BrFNO4S2/c12-6-3-7(11(15)16)10(13)8(4-6)20(17,18)5-9-14-1-2-19-9/h1-4H,5H2,(H,15,16). The van der Waals surface area contributed by atoms with Gasteiger partial charge in [-0.15, -0.1) is 11.3 Å². The zero-order valence-corrected chi connectivity index (χ0v) is 12.9. The third-order valence-electron chi connectivity index (χ3n) is 2.37. The van der Waals surface area contributed by atoms with Crippen molar-refractivity contribution in [1.82, 2.24) is 4.98 Å². The SMILES string of the molecule is O=C(O)c1cc(Br)cc(S(=O)(=O)Cc2nccs2)c1F. The summed E-state index contributed by atoms with van der Waals surface area (Å²) < 4.78 is 38.5. The van der Waals surface area contributed by atoms with E-state index in [1.807, 2.05) is 0 Å². The van der Waals surface area contributed by atoms with E-state index in [9.17, 15) is 17.6 Å². The zero-order chi connectivity index (χ0) is 14.9. The Bertz CT molecular complexity index is 759. The molecule has 0 saturated heterocycles. The van der Waals surface area contributed by atoms with E-state index < -0.39 is 37.8 Å². The molecule has 0 radical (unpaired) electrons. The van der Waals surface area contributed by atoms with Gasteiger partial charge in [-0.2, -0.15) is 0 Å². The number of aromatic nitrogens is 1. The van der Waals surface area contributed by atoms with E-state index in [-0.39, 0.29) is 4.47 Å². The summed E-state index contributed by atoms with van der Waals surface area (Å²) in [5, 5.41) is 10.8. The number of nitrogens with zero attached hydrogens (tertiary/aromatic N) is 1. The molecular weight excluding hydrogens is 373 g/mol. The number of carboxylic acids is 1. The number of carbonyl (C=O) groups is 1. The Labute approximate surface area is 126 Å². The highest BCUT2D eigenvalue weighted by molar-refractivity contribution is 9.10. The Hall–Kier alpha value is -1.32. The van der Waals surface area contributed by atoms with Crippen LogP contribution in [0.1, 0.15) is 15.4 Å². The van der Waals surface area contributed by atoms with E-state index >= 15 is 0 Å². The number of thiazole rings is 1. The first kappa shape index (κ1) is 15.1. The average Bonchev–Trinajstić information content (AvgIpc) is 2.83. The fourth-order valence-electron chi connectivity index (χ4n) is 1.51. The number of sulfone groups is 1. The first-order valence-electron chi connectivity index (χ1n) is 5.15. The number of hydrogen-bond donors (Lipinski definition) is 1. The summed E-state index contributed by atoms with van der Waals surface area (Å²) in [6.45, 7) is 0. The minimum atomic E-state index is -4.01. The fourth-order valence-corrected chi connectivity index (χ4v) is 4.50. The lowest BCUT2D eigenvalue weighted by Gasteiger charge is -2.07. The largest absolute Gasteiger partial charge is 0.478 e. The molecule has 1 aromatic heterocycles. The Morgan fingerprint density at radius 1 is 1.45 bits per heavy atom. The fraction of sp³-hybridized carbons (Fsp3) is 0.0909. The van der Waals surface area contributed by atoms with Crippen LogP contribution in [0.25, 0.3) is 0 Å². The van der Waals surface area contributed by atoms with Gasteiger partial charge in [0.15, 0.2) is 15.7 Å². The molecule has 0 saturated carbocycles. The highest BCUT2D eigenvalue weighted by atomic mass is 79.9. The van der Waals surface area contributed by atoms with Crippen LogP contribution < -0.4 is 0 Å². The molecule has 0 amide bonds. The van der Waals surface area contributed by atoms with Crippen molar-refractivity contribution >= 4 is 43.1 Å². The Morgan fingerprint density at radius 2 is 2.15 bits per heavy atom. The van der Waals surface area contributed by atoms with Crippen molar-refractivity contribution in [2.24, 2.45) is 0 Å². The van der Waals surface area contributed by atoms with Crippen LogP contribution in [0.5, 0.6) is 0 Å². The van der Waals surface area contributed by atoms with Crippen LogP contribution in [0.3, 0.4) is 0 Å². The first-order chi connectivity index (χ1) is 9.31. The number of rotatable bonds is 4. The molecule has 0 aliphatic rings. The maximum atomic E-state index is 14.0. The maximum Gasteiger partial charge on any atom is 0.338 e. The number of hydrogen-bond acceptors (Lipinski definition) is 5. The van der Waals surface area contributed by atoms with E-state index in [1.165, 1.54) is 6.20 Å². The second-order valence-corrected chi connectivity index (χ2v) is 7.61. The van der Waals surface area contributed by atoms with Crippen molar-refractivity contribution in [2.75, 3.05) is 0 Å². The predicted octanol–water partition coefficient (Wildman–Crippen LogP) is 2.72. The van der Waals surface area contributed by atoms with Crippen LogP contribution in [0.4, 0.5) is 4.39 Å². The van der Waals surface area contributed by atoms with Gasteiger partial charge in [0.2, 0.25) is 0 Å². The smallest absolute Gasteiger partial charge is 0.338 e. The number of benzene rings is 1. The molecule has 20 heavy (non-hydrogen) atoms. The van der Waals surface area contributed by atoms with E-state index in [1.54, 1.807) is 5.38 Å². The molecule has 0 fully saturated rings. The highest BCUT2D eigenvalue weighted by Crippen LogP contribution is 2.27. The summed E-state index contributed by atoms with van der Waals surface area (Å²) in [5.41, 5.74) is -0.697. The van der Waals surface area contributed by atoms with E-state index in [4.69, 9.17) is 5.11 Å². The molecule has 106 valence electrons. The van der Waals surface area contributed by atoms with Gasteiger partial charge in [-0.1, -0.05) is 15.9 Å². The van der Waals surface area contributed by atoms with Crippen LogP contribution in [-0.4, -0.2) is 24.5 Å². The topological polar surface area (TPSA) is 84.3 Å². The van der Waals surface area contributed by atoms with Crippen molar-refractivity contribution < 1.29 is 22.7 Å². The van der Waals surface area contributed by atoms with Crippen LogP contribution in [0, 0.1) is 5.82 Å². The molecule has 0 aliphatic heterocycles. The molecular formula is C11H7BrFNO4S2. The van der Waals surface area contributed by atoms with Gasteiger partial charge < -0.3 is 5.11 Å². The molecule has 1 heterocycles. The molecule has 5 nitrogen and oxygen atoms in total. The quantitative estimate of drug-likeness (QED) is 0.882. The molecule has 2 rings (SSSR count). The lowest BCUT2D eigenvalue weighted by molar-refractivity contribution is 0.0691. The zero-order valence-electron chi connectivity index (χ0n) is 9.71. The molecule has 0 spiro atoms. The van der Waals surface area contributed by atoms with Crippen molar-refractivity contribution in [3.63, 3.8) is 0 Å². The van der Waals surface area contributed by atoms with E-state index in [2.05, 4.69) is 20.9 Å². The minimum Gasteiger partial charge on any atom is -0.478 e. The van der Waals surface area contributed by atoms with Crippen LogP contribution in [0.15, 0.2) is 33.1 Å². The summed E-state index contributed by atoms with van der Waals surface area (Å²) in [6.07, 6.45) is 1.44. The molecule has 0 bridgehead atoms. The van der Waals surface area contributed by atoms with Crippen molar-refractivity contribution in [2.45, 2.75) is 10.6 Å². The Kier molecular flexibility index (Phi) is 4.21. The Balaban J connectivity index is 2.54. The molecule has 1 aromatic carbocycles. The van der Waals surface area contributed by atoms with Crippen LogP contribution in [-0.2, 0) is 15.6 Å². The lowest BCUT2D eigenvalue weighted by Crippen LogP contribution is -2.11. The lowest BCUT2D eigenvalue weighted by atomic mass is 10.2. The number of carboxylic acid groups (broad SMARTS) is 1. The van der Waals surface area contributed by atoms with Gasteiger partial charge >= 0.3 is 5.97 Å². The molecule has 0 unspecified atom stereocenters. The van der Waals surface area contributed by atoms with Crippen molar-refractivity contribution in [3.8, 4) is 0 Å². The number of halogens is 2. The highest BCUT2D eigenvalue weighted by Gasteiger charge is 2.26. The third kappa shape index (κ3) is 3.05. The molecule has 2 aromatic rings. The van der Waals surface area contributed by atoms with Gasteiger partial charge in [-0.25, -0.2) is 22.6 Å². The third-order valence-corrected chi connectivity index (χ3v) is 5.41.